The first kappa shape index (κ1) is 84.7. The predicted molar refractivity (Wildman–Crippen MR) is 362 cm³/mol. The third-order valence-electron chi connectivity index (χ3n) is 13.3. The normalized spacial score (nSPS) is 15.1. The zero-order valence-electron chi connectivity index (χ0n) is 54.8. The molecule has 18 heteroatoms. The number of hydrogen-bond acceptors (Lipinski definition) is 14. The van der Waals surface area contributed by atoms with E-state index in [1.165, 1.54) is 0 Å². The maximum absolute atomic E-state index is 12.9. The summed E-state index contributed by atoms with van der Waals surface area (Å²) in [6.45, 7) is 2.29. The summed E-state index contributed by atoms with van der Waals surface area (Å²) in [5, 5.41) is 20.5. The highest BCUT2D eigenvalue weighted by molar-refractivity contribution is 7.47. The summed E-state index contributed by atoms with van der Waals surface area (Å²) >= 11 is 0. The van der Waals surface area contributed by atoms with Crippen molar-refractivity contribution in [3.63, 3.8) is 0 Å². The van der Waals surface area contributed by atoms with E-state index < -0.39 is 91.5 Å². The molecule has 0 rings (SSSR count). The summed E-state index contributed by atoms with van der Waals surface area (Å²) in [5.41, 5.74) is 0. The lowest BCUT2D eigenvalue weighted by atomic mass is 10.1. The van der Waals surface area contributed by atoms with E-state index >= 15 is 0 Å². The van der Waals surface area contributed by atoms with Crippen LogP contribution in [0.3, 0.4) is 0 Å². The molecule has 0 aromatic heterocycles. The molecule has 0 aliphatic rings. The molecule has 0 radical (unpaired) electrons. The minimum Gasteiger partial charge on any atom is -0.463 e. The van der Waals surface area contributed by atoms with Crippen molar-refractivity contribution in [2.24, 2.45) is 0 Å². The number of esters is 3. The number of phosphoric ester groups is 2. The number of hydrogen-bond donors (Lipinski definition) is 4. The van der Waals surface area contributed by atoms with E-state index in [9.17, 15) is 43.5 Å². The molecule has 5 unspecified atom stereocenters. The van der Waals surface area contributed by atoms with Gasteiger partial charge in [-0.3, -0.25) is 32.5 Å². The van der Waals surface area contributed by atoms with Gasteiger partial charge in [0.15, 0.2) is 6.10 Å². The first-order valence-corrected chi connectivity index (χ1v) is 36.5. The van der Waals surface area contributed by atoms with Crippen molar-refractivity contribution in [1.29, 1.82) is 0 Å². The van der Waals surface area contributed by atoms with Gasteiger partial charge in [-0.25, -0.2) is 9.13 Å². The number of ether oxygens (including phenoxy) is 3. The van der Waals surface area contributed by atoms with Gasteiger partial charge in [0.05, 0.1) is 26.4 Å². The molecular formula is C71H118O16P2. The van der Waals surface area contributed by atoms with E-state index in [4.69, 9.17) is 32.3 Å². The Labute approximate surface area is 537 Å². The molecule has 0 fully saturated rings. The van der Waals surface area contributed by atoms with E-state index in [0.717, 1.165) is 180 Å². The van der Waals surface area contributed by atoms with Gasteiger partial charge < -0.3 is 34.2 Å². The van der Waals surface area contributed by atoms with Gasteiger partial charge in [0.2, 0.25) is 0 Å². The minimum atomic E-state index is -4.93. The fourth-order valence-electron chi connectivity index (χ4n) is 8.27. The van der Waals surface area contributed by atoms with E-state index in [1.807, 2.05) is 0 Å². The molecule has 0 aromatic carbocycles. The average molecular weight is 1290 g/mol. The number of carbonyl (C=O) groups excluding carboxylic acids is 3. The second kappa shape index (κ2) is 63.8. The van der Waals surface area contributed by atoms with E-state index in [-0.39, 0.29) is 19.3 Å². The molecule has 0 aliphatic heterocycles. The molecule has 16 nitrogen and oxygen atoms in total. The van der Waals surface area contributed by atoms with Crippen LogP contribution in [0.4, 0.5) is 0 Å². The van der Waals surface area contributed by atoms with Crippen molar-refractivity contribution >= 4 is 33.6 Å². The van der Waals surface area contributed by atoms with Crippen LogP contribution in [0.15, 0.2) is 134 Å². The molecule has 5 atom stereocenters. The van der Waals surface area contributed by atoms with Crippen LogP contribution in [0, 0.1) is 0 Å². The van der Waals surface area contributed by atoms with Gasteiger partial charge >= 0.3 is 33.6 Å². The number of aliphatic hydroxyl groups excluding tert-OH is 2. The summed E-state index contributed by atoms with van der Waals surface area (Å²) in [5.74, 6) is -1.63. The van der Waals surface area contributed by atoms with Crippen LogP contribution in [0.25, 0.3) is 0 Å². The Balaban J connectivity index is 4.65. The van der Waals surface area contributed by atoms with Crippen LogP contribution in [-0.4, -0.2) is 95.9 Å². The fourth-order valence-corrected chi connectivity index (χ4v) is 9.86. The lowest BCUT2D eigenvalue weighted by Crippen LogP contribution is -2.30. The lowest BCUT2D eigenvalue weighted by molar-refractivity contribution is -0.161. The van der Waals surface area contributed by atoms with Gasteiger partial charge in [0.1, 0.15) is 25.4 Å². The Morgan fingerprint density at radius 3 is 0.944 bits per heavy atom. The highest BCUT2D eigenvalue weighted by Crippen LogP contribution is 2.45. The minimum absolute atomic E-state index is 0.0820. The van der Waals surface area contributed by atoms with Crippen LogP contribution in [0.5, 0.6) is 0 Å². The summed E-state index contributed by atoms with van der Waals surface area (Å²) in [6.07, 6.45) is 73.6. The van der Waals surface area contributed by atoms with Gasteiger partial charge in [-0.2, -0.15) is 0 Å². The maximum atomic E-state index is 12.9. The molecular weight excluding hydrogens is 1170 g/mol. The molecule has 0 bridgehead atoms. The van der Waals surface area contributed by atoms with Crippen LogP contribution in [-0.2, 0) is 55.8 Å². The van der Waals surface area contributed by atoms with Crippen molar-refractivity contribution in [2.75, 3.05) is 39.6 Å². The highest BCUT2D eigenvalue weighted by atomic mass is 31.2. The summed E-state index contributed by atoms with van der Waals surface area (Å²) in [4.78, 5) is 58.3. The largest absolute Gasteiger partial charge is 0.472 e. The Hall–Kier alpha value is -4.31. The second-order valence-corrected chi connectivity index (χ2v) is 24.8. The van der Waals surface area contributed by atoms with Crippen molar-refractivity contribution < 1.29 is 75.8 Å². The molecule has 0 saturated carbocycles. The first-order chi connectivity index (χ1) is 43.2. The predicted octanol–water partition coefficient (Wildman–Crippen LogP) is 18.4. The topological polar surface area (TPSA) is 231 Å². The smallest absolute Gasteiger partial charge is 0.463 e. The third kappa shape index (κ3) is 65.0. The summed E-state index contributed by atoms with van der Waals surface area (Å²) in [6, 6.07) is 0. The van der Waals surface area contributed by atoms with Crippen LogP contribution in [0.1, 0.15) is 239 Å². The molecule has 508 valence electrons. The van der Waals surface area contributed by atoms with Crippen molar-refractivity contribution in [2.45, 2.75) is 257 Å². The van der Waals surface area contributed by atoms with Gasteiger partial charge in [-0.1, -0.05) is 225 Å². The monoisotopic (exact) mass is 1290 g/mol. The zero-order chi connectivity index (χ0) is 65.3. The van der Waals surface area contributed by atoms with Gasteiger partial charge in [-0.05, 0) is 128 Å². The molecule has 0 saturated heterocycles. The number of rotatable bonds is 62. The standard InChI is InChI=1S/C71H118O16P2/c1-4-7-10-13-16-19-22-25-27-29-30-31-32-33-34-36-38-40-42-45-48-51-54-57-69(74)81-60-66(72)61-83-88(77,78)84-62-67(73)63-85-89(79,80)86-65-68(87-71(76)59-56-53-50-47-44-39-24-21-18-15-12-9-6-3)64-82-70(75)58-55-52-49-46-43-41-37-35-28-26-23-20-17-14-11-8-5-2/h7-8,10-12,15-17,19-21,24-28,30-31,33-34,38,40,66-68,72-73H,4-6,9,13-14,18,22-23,29,32,35-37,39,41-65H2,1-3H3,(H,77,78)(H,79,80)/b10-7-,11-8-,15-12-,19-16-,20-17-,24-21-,27-25-,28-26-,31-30-,34-33-,40-38-. The number of unbranched alkanes of at least 4 members (excludes halogenated alkanes) is 17. The Morgan fingerprint density at radius 2 is 0.596 bits per heavy atom. The number of phosphoric acid groups is 2. The summed E-state index contributed by atoms with van der Waals surface area (Å²) < 4.78 is 60.8. The second-order valence-electron chi connectivity index (χ2n) is 21.9. The Bertz CT molecular complexity index is 2160. The first-order valence-electron chi connectivity index (χ1n) is 33.5. The van der Waals surface area contributed by atoms with Gasteiger partial charge in [0, 0.05) is 19.3 Å². The van der Waals surface area contributed by atoms with Crippen molar-refractivity contribution in [3.05, 3.63) is 134 Å². The van der Waals surface area contributed by atoms with Crippen molar-refractivity contribution in [1.82, 2.24) is 0 Å². The zero-order valence-corrected chi connectivity index (χ0v) is 56.6. The molecule has 0 heterocycles. The molecule has 0 aliphatic carbocycles. The number of carbonyl (C=O) groups is 3. The molecule has 89 heavy (non-hydrogen) atoms. The Kier molecular flexibility index (Phi) is 60.7. The van der Waals surface area contributed by atoms with Gasteiger partial charge in [-0.15, -0.1) is 0 Å². The average Bonchev–Trinajstić information content (AvgIpc) is 3.72. The Morgan fingerprint density at radius 1 is 0.326 bits per heavy atom. The third-order valence-corrected chi connectivity index (χ3v) is 15.2. The molecule has 0 aromatic rings. The highest BCUT2D eigenvalue weighted by Gasteiger charge is 2.29. The molecule has 4 N–H and O–H groups in total. The number of aliphatic hydroxyl groups is 2. The molecule has 0 spiro atoms. The van der Waals surface area contributed by atoms with Gasteiger partial charge in [0.25, 0.3) is 0 Å². The SMILES string of the molecule is CC/C=C\C/C=C\C/C=C\C/C=C\C/C=C\C/C=C\CCCCCCC(=O)OCC(O)COP(=O)(O)OCC(O)COP(=O)(O)OCC(COC(=O)CCCCCCCCC/C=C\C/C=C\C/C=C\CC)OC(=O)CCCCCCC/C=C\C/C=C\CCC. The van der Waals surface area contributed by atoms with Crippen LogP contribution in [0.2, 0.25) is 0 Å². The maximum Gasteiger partial charge on any atom is 0.472 e. The fraction of sp³-hybridized carbons (Fsp3) is 0.648. The van der Waals surface area contributed by atoms with Crippen LogP contribution >= 0.6 is 15.6 Å². The lowest BCUT2D eigenvalue weighted by Gasteiger charge is -2.21. The summed E-state index contributed by atoms with van der Waals surface area (Å²) in [7, 11) is -9.79. The number of allylic oxidation sites excluding steroid dienone is 22. The van der Waals surface area contributed by atoms with Crippen molar-refractivity contribution in [3.8, 4) is 0 Å². The van der Waals surface area contributed by atoms with Crippen LogP contribution < -0.4 is 0 Å². The van der Waals surface area contributed by atoms with E-state index in [1.54, 1.807) is 0 Å². The molecule has 0 amide bonds. The quantitative estimate of drug-likeness (QED) is 0.0146. The van der Waals surface area contributed by atoms with E-state index in [0.29, 0.717) is 19.3 Å². The van der Waals surface area contributed by atoms with E-state index in [2.05, 4.69) is 154 Å².